The lowest BCUT2D eigenvalue weighted by atomic mass is 10.1. The quantitative estimate of drug-likeness (QED) is 0.541. The van der Waals surface area contributed by atoms with Crippen LogP contribution < -0.4 is 5.32 Å². The molecular formula is C23H19FN4O. The van der Waals surface area contributed by atoms with Crippen LogP contribution in [0.3, 0.4) is 0 Å². The van der Waals surface area contributed by atoms with E-state index >= 15 is 0 Å². The first kappa shape index (κ1) is 18.6. The van der Waals surface area contributed by atoms with Crippen LogP contribution in [0.15, 0.2) is 79.4 Å². The minimum absolute atomic E-state index is 0.00260. The molecule has 144 valence electrons. The zero-order chi connectivity index (χ0) is 20.2. The molecule has 2 aromatic heterocycles. The maximum Gasteiger partial charge on any atom is 0.244 e. The highest BCUT2D eigenvalue weighted by Crippen LogP contribution is 2.30. The number of rotatable bonds is 5. The minimum atomic E-state index is -0.457. The van der Waals surface area contributed by atoms with Gasteiger partial charge in [-0.25, -0.2) is 9.37 Å². The molecule has 0 unspecified atom stereocenters. The second-order valence-corrected chi connectivity index (χ2v) is 6.71. The molecule has 6 heteroatoms. The van der Waals surface area contributed by atoms with Crippen LogP contribution in [0.2, 0.25) is 0 Å². The van der Waals surface area contributed by atoms with E-state index in [1.54, 1.807) is 42.3 Å². The number of hydrogen-bond acceptors (Lipinski definition) is 3. The van der Waals surface area contributed by atoms with Crippen molar-refractivity contribution in [2.75, 3.05) is 5.32 Å². The predicted octanol–water partition coefficient (Wildman–Crippen LogP) is 4.70. The minimum Gasteiger partial charge on any atom is -0.322 e. The predicted molar refractivity (Wildman–Crippen MR) is 111 cm³/mol. The summed E-state index contributed by atoms with van der Waals surface area (Å²) in [5.74, 6) is -0.795. The molecule has 29 heavy (non-hydrogen) atoms. The molecule has 0 aliphatic carbocycles. The molecule has 2 aromatic carbocycles. The van der Waals surface area contributed by atoms with Gasteiger partial charge in [0, 0.05) is 23.5 Å². The van der Waals surface area contributed by atoms with Gasteiger partial charge in [0.2, 0.25) is 5.91 Å². The van der Waals surface area contributed by atoms with E-state index in [1.807, 2.05) is 42.5 Å². The molecule has 4 rings (SSSR count). The second kappa shape index (κ2) is 8.06. The number of benzene rings is 2. The maximum absolute atomic E-state index is 14.1. The van der Waals surface area contributed by atoms with Crippen molar-refractivity contribution in [3.05, 3.63) is 90.8 Å². The fraction of sp³-hybridized carbons (Fsp3) is 0.0870. The third-order valence-corrected chi connectivity index (χ3v) is 4.53. The molecule has 0 spiro atoms. The van der Waals surface area contributed by atoms with E-state index in [1.165, 1.54) is 6.07 Å². The molecule has 0 fully saturated rings. The summed E-state index contributed by atoms with van der Waals surface area (Å²) >= 11 is 0. The number of nitrogens with one attached hydrogen (secondary N) is 1. The lowest BCUT2D eigenvalue weighted by Crippen LogP contribution is -2.19. The van der Waals surface area contributed by atoms with Gasteiger partial charge in [0.15, 0.2) is 0 Å². The van der Waals surface area contributed by atoms with Crippen LogP contribution in [0.4, 0.5) is 10.1 Å². The molecule has 4 aromatic rings. The van der Waals surface area contributed by atoms with Gasteiger partial charge in [0.05, 0.1) is 23.4 Å². The van der Waals surface area contributed by atoms with Gasteiger partial charge in [-0.3, -0.25) is 9.78 Å². The van der Waals surface area contributed by atoms with E-state index in [9.17, 15) is 9.18 Å². The fourth-order valence-corrected chi connectivity index (χ4v) is 3.18. The van der Waals surface area contributed by atoms with Gasteiger partial charge in [-0.05, 0) is 36.8 Å². The summed E-state index contributed by atoms with van der Waals surface area (Å²) < 4.78 is 15.8. The Balaban J connectivity index is 1.67. The number of carbonyl (C=O) groups excluding carboxylic acids is 1. The molecule has 1 N–H and O–H groups in total. The SMILES string of the molecule is Cc1ccc(NC(=O)Cn2cnc(-c3ccccc3)c2-c2cccnc2)c(F)c1. The molecule has 1 amide bonds. The molecule has 0 aliphatic heterocycles. The zero-order valence-corrected chi connectivity index (χ0v) is 15.8. The third kappa shape index (κ3) is 4.06. The van der Waals surface area contributed by atoms with E-state index in [-0.39, 0.29) is 18.1 Å². The highest BCUT2D eigenvalue weighted by molar-refractivity contribution is 5.91. The highest BCUT2D eigenvalue weighted by atomic mass is 19.1. The van der Waals surface area contributed by atoms with Crippen molar-refractivity contribution < 1.29 is 9.18 Å². The monoisotopic (exact) mass is 386 g/mol. The molecule has 0 radical (unpaired) electrons. The van der Waals surface area contributed by atoms with Gasteiger partial charge in [0.25, 0.3) is 0 Å². The van der Waals surface area contributed by atoms with Crippen LogP contribution in [-0.2, 0) is 11.3 Å². The first-order valence-corrected chi connectivity index (χ1v) is 9.19. The molecule has 0 bridgehead atoms. The van der Waals surface area contributed by atoms with Crippen molar-refractivity contribution in [2.45, 2.75) is 13.5 Å². The Morgan fingerprint density at radius 2 is 1.86 bits per heavy atom. The molecule has 5 nitrogen and oxygen atoms in total. The third-order valence-electron chi connectivity index (χ3n) is 4.53. The number of aromatic nitrogens is 3. The summed E-state index contributed by atoms with van der Waals surface area (Å²) in [6, 6.07) is 18.2. The van der Waals surface area contributed by atoms with Crippen molar-refractivity contribution >= 4 is 11.6 Å². The first-order valence-electron chi connectivity index (χ1n) is 9.19. The Hall–Kier alpha value is -3.80. The summed E-state index contributed by atoms with van der Waals surface area (Å²) in [7, 11) is 0. The second-order valence-electron chi connectivity index (χ2n) is 6.71. The van der Waals surface area contributed by atoms with Crippen molar-refractivity contribution in [3.63, 3.8) is 0 Å². The van der Waals surface area contributed by atoms with Gasteiger partial charge in [0.1, 0.15) is 12.4 Å². The maximum atomic E-state index is 14.1. The smallest absolute Gasteiger partial charge is 0.244 e. The normalized spacial score (nSPS) is 10.7. The van der Waals surface area contributed by atoms with Gasteiger partial charge in [-0.15, -0.1) is 0 Å². The van der Waals surface area contributed by atoms with Gasteiger partial charge in [-0.1, -0.05) is 36.4 Å². The van der Waals surface area contributed by atoms with E-state index in [2.05, 4.69) is 15.3 Å². The molecule has 0 aliphatic rings. The Kier molecular flexibility index (Phi) is 5.16. The number of imidazole rings is 1. The van der Waals surface area contributed by atoms with Crippen LogP contribution >= 0.6 is 0 Å². The number of aryl methyl sites for hydroxylation is 1. The molecule has 0 saturated carbocycles. The van der Waals surface area contributed by atoms with Crippen molar-refractivity contribution in [1.82, 2.24) is 14.5 Å². The Bertz CT molecular complexity index is 1140. The summed E-state index contributed by atoms with van der Waals surface area (Å²) in [6.45, 7) is 1.79. The lowest BCUT2D eigenvalue weighted by molar-refractivity contribution is -0.116. The molecule has 2 heterocycles. The van der Waals surface area contributed by atoms with Crippen LogP contribution in [0.1, 0.15) is 5.56 Å². The largest absolute Gasteiger partial charge is 0.322 e. The summed E-state index contributed by atoms with van der Waals surface area (Å²) in [5, 5.41) is 2.64. The lowest BCUT2D eigenvalue weighted by Gasteiger charge is -2.11. The number of pyridine rings is 1. The number of hydrogen-bond donors (Lipinski definition) is 1. The van der Waals surface area contributed by atoms with Crippen molar-refractivity contribution in [2.24, 2.45) is 0 Å². The summed E-state index contributed by atoms with van der Waals surface area (Å²) in [5.41, 5.74) is 4.28. The average molecular weight is 386 g/mol. The van der Waals surface area contributed by atoms with Gasteiger partial charge in [-0.2, -0.15) is 0 Å². The van der Waals surface area contributed by atoms with E-state index < -0.39 is 5.82 Å². The summed E-state index contributed by atoms with van der Waals surface area (Å²) in [6.07, 6.45) is 5.05. The highest BCUT2D eigenvalue weighted by Gasteiger charge is 2.17. The number of carbonyl (C=O) groups is 1. The van der Waals surface area contributed by atoms with Crippen molar-refractivity contribution in [1.29, 1.82) is 0 Å². The Labute approximate surface area is 167 Å². The Morgan fingerprint density at radius 1 is 1.07 bits per heavy atom. The van der Waals surface area contributed by atoms with Crippen molar-refractivity contribution in [3.8, 4) is 22.5 Å². The number of amides is 1. The topological polar surface area (TPSA) is 59.8 Å². The van der Waals surface area contributed by atoms with Crippen LogP contribution in [0, 0.1) is 12.7 Å². The first-order chi connectivity index (χ1) is 14.1. The summed E-state index contributed by atoms with van der Waals surface area (Å²) in [4.78, 5) is 21.3. The van der Waals surface area contributed by atoms with Gasteiger partial charge < -0.3 is 9.88 Å². The van der Waals surface area contributed by atoms with Crippen LogP contribution in [0.25, 0.3) is 22.5 Å². The fourth-order valence-electron chi connectivity index (χ4n) is 3.18. The molecular weight excluding hydrogens is 367 g/mol. The molecule has 0 saturated heterocycles. The number of anilines is 1. The van der Waals surface area contributed by atoms with E-state index in [0.29, 0.717) is 0 Å². The standard InChI is InChI=1S/C23H19FN4O/c1-16-9-10-20(19(24)12-16)27-21(29)14-28-15-26-22(17-6-3-2-4-7-17)23(28)18-8-5-11-25-13-18/h2-13,15H,14H2,1H3,(H,27,29). The molecule has 0 atom stereocenters. The number of nitrogens with zero attached hydrogens (tertiary/aromatic N) is 3. The van der Waals surface area contributed by atoms with Crippen LogP contribution in [0.5, 0.6) is 0 Å². The number of halogens is 1. The van der Waals surface area contributed by atoms with E-state index in [4.69, 9.17) is 0 Å². The van der Waals surface area contributed by atoms with Gasteiger partial charge >= 0.3 is 0 Å². The van der Waals surface area contributed by atoms with E-state index in [0.717, 1.165) is 28.1 Å². The Morgan fingerprint density at radius 3 is 2.59 bits per heavy atom. The average Bonchev–Trinajstić information content (AvgIpc) is 3.15. The van der Waals surface area contributed by atoms with Crippen LogP contribution in [-0.4, -0.2) is 20.4 Å². The zero-order valence-electron chi connectivity index (χ0n) is 15.8.